The Morgan fingerprint density at radius 2 is 2.13 bits per heavy atom. The number of hydrogen-bond donors (Lipinski definition) is 1. The van der Waals surface area contributed by atoms with E-state index in [0.29, 0.717) is 13.0 Å². The molecule has 0 amide bonds. The molecule has 0 aliphatic rings. The lowest BCUT2D eigenvalue weighted by Crippen LogP contribution is -2.22. The van der Waals surface area contributed by atoms with Crippen LogP contribution in [0.25, 0.3) is 0 Å². The van der Waals surface area contributed by atoms with Crippen molar-refractivity contribution in [2.24, 2.45) is 0 Å². The quantitative estimate of drug-likeness (QED) is 0.799. The van der Waals surface area contributed by atoms with E-state index < -0.39 is 10.0 Å². The minimum atomic E-state index is -3.08. The Kier molecular flexibility index (Phi) is 3.87. The molecule has 0 atom stereocenters. The third-order valence-corrected chi connectivity index (χ3v) is 3.92. The molecular weight excluding hydrogens is 214 g/mol. The second kappa shape index (κ2) is 4.76. The monoisotopic (exact) mass is 231 g/mol. The van der Waals surface area contributed by atoms with Gasteiger partial charge in [-0.15, -0.1) is 0 Å². The van der Waals surface area contributed by atoms with Crippen LogP contribution in [-0.2, 0) is 16.6 Å². The molecule has 0 unspecified atom stereocenters. The van der Waals surface area contributed by atoms with Crippen molar-refractivity contribution in [3.05, 3.63) is 17.7 Å². The fraction of sp³-hybridized carbons (Fsp3) is 0.667. The van der Waals surface area contributed by atoms with Gasteiger partial charge in [-0.2, -0.15) is 0 Å². The Balaban J connectivity index is 2.49. The van der Waals surface area contributed by atoms with E-state index in [4.69, 9.17) is 0 Å². The van der Waals surface area contributed by atoms with Crippen LogP contribution >= 0.6 is 0 Å². The molecule has 0 bridgehead atoms. The minimum absolute atomic E-state index is 0.153. The normalized spacial score (nSPS) is 11.9. The summed E-state index contributed by atoms with van der Waals surface area (Å²) in [7, 11) is -1.65. The molecule has 0 aliphatic heterocycles. The van der Waals surface area contributed by atoms with Crippen molar-refractivity contribution in [3.8, 4) is 0 Å². The van der Waals surface area contributed by atoms with Gasteiger partial charge in [0.2, 0.25) is 10.0 Å². The van der Waals surface area contributed by atoms with Gasteiger partial charge in [-0.25, -0.2) is 18.1 Å². The molecule has 15 heavy (non-hydrogen) atoms. The zero-order chi connectivity index (χ0) is 11.5. The summed E-state index contributed by atoms with van der Waals surface area (Å²) in [5, 5.41) is 0. The van der Waals surface area contributed by atoms with Crippen LogP contribution in [0.4, 0.5) is 0 Å². The largest absolute Gasteiger partial charge is 0.335 e. The van der Waals surface area contributed by atoms with E-state index in [2.05, 4.69) is 9.71 Å². The SMILES string of the molecule is CNS(=O)(=O)CCCn1cnc(C)c1C. The molecular formula is C9H17N3O2S. The lowest BCUT2D eigenvalue weighted by Gasteiger charge is -2.05. The number of nitrogens with one attached hydrogen (secondary N) is 1. The van der Waals surface area contributed by atoms with Crippen LogP contribution in [0.2, 0.25) is 0 Å². The molecule has 0 saturated heterocycles. The summed E-state index contributed by atoms with van der Waals surface area (Å²) in [5.41, 5.74) is 2.09. The van der Waals surface area contributed by atoms with Gasteiger partial charge in [0.05, 0.1) is 17.8 Å². The number of rotatable bonds is 5. The summed E-state index contributed by atoms with van der Waals surface area (Å²) in [5.74, 6) is 0.153. The van der Waals surface area contributed by atoms with E-state index in [1.54, 1.807) is 6.33 Å². The molecule has 0 spiro atoms. The Hall–Kier alpha value is -0.880. The lowest BCUT2D eigenvalue weighted by molar-refractivity contribution is 0.577. The predicted molar refractivity (Wildman–Crippen MR) is 59.2 cm³/mol. The zero-order valence-corrected chi connectivity index (χ0v) is 10.1. The van der Waals surface area contributed by atoms with Crippen LogP contribution in [0.1, 0.15) is 17.8 Å². The fourth-order valence-electron chi connectivity index (χ4n) is 1.30. The van der Waals surface area contributed by atoms with Crippen LogP contribution in [0, 0.1) is 13.8 Å². The average Bonchev–Trinajstić information content (AvgIpc) is 2.49. The molecule has 0 aromatic carbocycles. The number of imidazole rings is 1. The van der Waals surface area contributed by atoms with Gasteiger partial charge in [0.25, 0.3) is 0 Å². The Bertz CT molecular complexity index is 423. The van der Waals surface area contributed by atoms with E-state index in [1.807, 2.05) is 18.4 Å². The van der Waals surface area contributed by atoms with Gasteiger partial charge in [-0.3, -0.25) is 0 Å². The topological polar surface area (TPSA) is 64.0 Å². The second-order valence-corrected chi connectivity index (χ2v) is 5.53. The van der Waals surface area contributed by atoms with E-state index in [1.165, 1.54) is 7.05 Å². The maximum Gasteiger partial charge on any atom is 0.211 e. The van der Waals surface area contributed by atoms with Gasteiger partial charge in [0.1, 0.15) is 0 Å². The van der Waals surface area contributed by atoms with Crippen LogP contribution in [0.5, 0.6) is 0 Å². The summed E-state index contributed by atoms with van der Waals surface area (Å²) in [4.78, 5) is 4.15. The molecule has 0 saturated carbocycles. The molecule has 86 valence electrons. The third-order valence-electron chi connectivity index (χ3n) is 2.47. The van der Waals surface area contributed by atoms with Crippen LogP contribution in [0.3, 0.4) is 0 Å². The molecule has 5 nitrogen and oxygen atoms in total. The van der Waals surface area contributed by atoms with Crippen molar-refractivity contribution in [1.29, 1.82) is 0 Å². The van der Waals surface area contributed by atoms with E-state index >= 15 is 0 Å². The highest BCUT2D eigenvalue weighted by Crippen LogP contribution is 2.05. The highest BCUT2D eigenvalue weighted by Gasteiger charge is 2.07. The van der Waals surface area contributed by atoms with E-state index in [-0.39, 0.29) is 5.75 Å². The molecule has 1 aromatic rings. The first-order chi connectivity index (χ1) is 6.96. The highest BCUT2D eigenvalue weighted by molar-refractivity contribution is 7.89. The van der Waals surface area contributed by atoms with Crippen molar-refractivity contribution in [3.63, 3.8) is 0 Å². The summed E-state index contributed by atoms with van der Waals surface area (Å²) in [6, 6.07) is 0. The van der Waals surface area contributed by atoms with E-state index in [0.717, 1.165) is 11.4 Å². The number of aromatic nitrogens is 2. The van der Waals surface area contributed by atoms with Crippen LogP contribution in [0.15, 0.2) is 6.33 Å². The standard InChI is InChI=1S/C9H17N3O2S/c1-8-9(2)12(7-11-8)5-4-6-15(13,14)10-3/h7,10H,4-6H2,1-3H3. The van der Waals surface area contributed by atoms with Crippen molar-refractivity contribution in [2.75, 3.05) is 12.8 Å². The van der Waals surface area contributed by atoms with Crippen LogP contribution in [-0.4, -0.2) is 30.8 Å². The molecule has 1 heterocycles. The Morgan fingerprint density at radius 3 is 2.60 bits per heavy atom. The van der Waals surface area contributed by atoms with Crippen molar-refractivity contribution >= 4 is 10.0 Å². The Morgan fingerprint density at radius 1 is 1.47 bits per heavy atom. The number of nitrogens with zero attached hydrogens (tertiary/aromatic N) is 2. The van der Waals surface area contributed by atoms with Gasteiger partial charge in [0.15, 0.2) is 0 Å². The van der Waals surface area contributed by atoms with Gasteiger partial charge >= 0.3 is 0 Å². The van der Waals surface area contributed by atoms with Gasteiger partial charge in [-0.05, 0) is 27.3 Å². The summed E-state index contributed by atoms with van der Waals surface area (Å²) in [6.45, 7) is 4.61. The molecule has 1 aromatic heterocycles. The van der Waals surface area contributed by atoms with Crippen molar-refractivity contribution < 1.29 is 8.42 Å². The van der Waals surface area contributed by atoms with Gasteiger partial charge in [0, 0.05) is 12.2 Å². The maximum absolute atomic E-state index is 11.1. The summed E-state index contributed by atoms with van der Waals surface area (Å²) >= 11 is 0. The second-order valence-electron chi connectivity index (χ2n) is 3.49. The molecule has 1 N–H and O–H groups in total. The third kappa shape index (κ3) is 3.32. The molecule has 6 heteroatoms. The minimum Gasteiger partial charge on any atom is -0.335 e. The highest BCUT2D eigenvalue weighted by atomic mass is 32.2. The first kappa shape index (κ1) is 12.2. The van der Waals surface area contributed by atoms with Crippen LogP contribution < -0.4 is 4.72 Å². The smallest absolute Gasteiger partial charge is 0.211 e. The predicted octanol–water partition coefficient (Wildman–Crippen LogP) is 0.439. The number of aryl methyl sites for hydroxylation is 2. The zero-order valence-electron chi connectivity index (χ0n) is 9.32. The van der Waals surface area contributed by atoms with Gasteiger partial charge in [-0.1, -0.05) is 0 Å². The Labute approximate surface area is 90.6 Å². The first-order valence-electron chi connectivity index (χ1n) is 4.86. The average molecular weight is 231 g/mol. The molecule has 1 rings (SSSR count). The van der Waals surface area contributed by atoms with Crippen molar-refractivity contribution in [2.45, 2.75) is 26.8 Å². The number of hydrogen-bond acceptors (Lipinski definition) is 3. The first-order valence-corrected chi connectivity index (χ1v) is 6.51. The number of sulfonamides is 1. The van der Waals surface area contributed by atoms with Crippen molar-refractivity contribution in [1.82, 2.24) is 14.3 Å². The molecule has 0 fully saturated rings. The summed E-state index contributed by atoms with van der Waals surface area (Å²) < 4.78 is 26.6. The molecule has 0 radical (unpaired) electrons. The molecule has 0 aliphatic carbocycles. The maximum atomic E-state index is 11.1. The van der Waals surface area contributed by atoms with E-state index in [9.17, 15) is 8.42 Å². The summed E-state index contributed by atoms with van der Waals surface area (Å²) in [6.07, 6.45) is 2.34. The lowest BCUT2D eigenvalue weighted by atomic mass is 10.3. The fourth-order valence-corrected chi connectivity index (χ4v) is 2.01. The van der Waals surface area contributed by atoms with Gasteiger partial charge < -0.3 is 4.57 Å².